The number of halogens is 1. The molecule has 1 fully saturated rings. The van der Waals surface area contributed by atoms with Gasteiger partial charge in [0.15, 0.2) is 0 Å². The molecule has 10 heteroatoms. The van der Waals surface area contributed by atoms with Crippen LogP contribution in [-0.2, 0) is 26.2 Å². The first-order valence-electron chi connectivity index (χ1n) is 10.5. The smallest absolute Gasteiger partial charge is 0.252 e. The van der Waals surface area contributed by atoms with Gasteiger partial charge in [-0.05, 0) is 66.2 Å². The molecule has 2 amide bonds. The average molecular weight is 494 g/mol. The third-order valence-corrected chi connectivity index (χ3v) is 7.51. The summed E-state index contributed by atoms with van der Waals surface area (Å²) in [4.78, 5) is 27.1. The van der Waals surface area contributed by atoms with Gasteiger partial charge in [-0.1, -0.05) is 12.1 Å². The van der Waals surface area contributed by atoms with Crippen LogP contribution in [0.3, 0.4) is 0 Å². The van der Waals surface area contributed by atoms with Crippen LogP contribution in [0.4, 0.5) is 10.1 Å². The lowest BCUT2D eigenvalue weighted by molar-refractivity contribution is -0.122. The van der Waals surface area contributed by atoms with Crippen molar-refractivity contribution >= 4 is 27.5 Å². The summed E-state index contributed by atoms with van der Waals surface area (Å²) in [6.07, 6.45) is -0.366. The van der Waals surface area contributed by atoms with E-state index >= 15 is 0 Å². The number of carbonyl (C=O) groups excluding carboxylic acids is 2. The van der Waals surface area contributed by atoms with E-state index in [2.05, 4.69) is 0 Å². The highest BCUT2D eigenvalue weighted by Crippen LogP contribution is 2.31. The number of hydrogen-bond acceptors (Lipinski definition) is 6. The molecule has 35 heavy (non-hydrogen) atoms. The zero-order valence-electron chi connectivity index (χ0n) is 18.6. The molecule has 4 rings (SSSR count). The number of methoxy groups -OCH3 is 1. The summed E-state index contributed by atoms with van der Waals surface area (Å²) in [5, 5.41) is 9.00. The van der Waals surface area contributed by atoms with E-state index < -0.39 is 33.7 Å². The summed E-state index contributed by atoms with van der Waals surface area (Å²) in [5.74, 6) is -1.32. The highest BCUT2D eigenvalue weighted by Gasteiger charge is 2.47. The van der Waals surface area contributed by atoms with E-state index in [0.717, 1.165) is 9.21 Å². The van der Waals surface area contributed by atoms with Gasteiger partial charge in [-0.25, -0.2) is 17.7 Å². The molecule has 178 valence electrons. The molecule has 1 unspecified atom stereocenters. The van der Waals surface area contributed by atoms with Gasteiger partial charge in [0, 0.05) is 6.54 Å². The fourth-order valence-corrected chi connectivity index (χ4v) is 5.38. The predicted octanol–water partition coefficient (Wildman–Crippen LogP) is 3.23. The first kappa shape index (κ1) is 24.1. The van der Waals surface area contributed by atoms with Crippen molar-refractivity contribution in [2.24, 2.45) is 0 Å². The Kier molecular flexibility index (Phi) is 6.64. The van der Waals surface area contributed by atoms with Crippen LogP contribution < -0.4 is 9.64 Å². The summed E-state index contributed by atoms with van der Waals surface area (Å²) < 4.78 is 46.8. The zero-order chi connectivity index (χ0) is 25.2. The Morgan fingerprint density at radius 1 is 1.03 bits per heavy atom. The van der Waals surface area contributed by atoms with Crippen molar-refractivity contribution < 1.29 is 27.1 Å². The molecule has 1 aliphatic heterocycles. The van der Waals surface area contributed by atoms with E-state index in [9.17, 15) is 22.4 Å². The Bertz CT molecular complexity index is 1400. The van der Waals surface area contributed by atoms with Crippen LogP contribution in [0.25, 0.3) is 0 Å². The highest BCUT2D eigenvalue weighted by molar-refractivity contribution is 7.89. The monoisotopic (exact) mass is 493 g/mol. The topological polar surface area (TPSA) is 108 Å². The maximum Gasteiger partial charge on any atom is 0.252 e. The van der Waals surface area contributed by atoms with E-state index in [1.807, 2.05) is 6.07 Å². The molecular formula is C25H20FN3O5S. The molecule has 3 aromatic rings. The number of amides is 2. The minimum atomic E-state index is -4.25. The Hall–Kier alpha value is -4.07. The van der Waals surface area contributed by atoms with Crippen molar-refractivity contribution in [3.8, 4) is 11.8 Å². The van der Waals surface area contributed by atoms with E-state index in [-0.39, 0.29) is 23.5 Å². The molecule has 1 saturated heterocycles. The SMILES string of the molecule is COc1ccc(S(=O)(=O)N(Cc2ccc(F)cc2)C2CC(=O)N(c3ccc(C#N)cc3)C2=O)cc1. The Morgan fingerprint density at radius 3 is 2.23 bits per heavy atom. The van der Waals surface area contributed by atoms with Crippen molar-refractivity contribution in [1.82, 2.24) is 4.31 Å². The molecule has 0 saturated carbocycles. The first-order chi connectivity index (χ1) is 16.7. The second-order valence-electron chi connectivity index (χ2n) is 7.80. The highest BCUT2D eigenvalue weighted by atomic mass is 32.2. The van der Waals surface area contributed by atoms with Gasteiger partial charge in [0.1, 0.15) is 17.6 Å². The quantitative estimate of drug-likeness (QED) is 0.468. The standard InChI is InChI=1S/C25H20FN3O5S/c1-34-21-10-12-22(13-11-21)35(32,33)28(16-18-2-6-19(26)7-3-18)23-14-24(30)29(25(23)31)20-8-4-17(15-27)5-9-20/h2-13,23H,14,16H2,1H3. The van der Waals surface area contributed by atoms with Crippen molar-refractivity contribution in [2.45, 2.75) is 23.9 Å². The number of nitrogens with zero attached hydrogens (tertiary/aromatic N) is 3. The van der Waals surface area contributed by atoms with E-state index in [1.54, 1.807) is 0 Å². The molecule has 0 N–H and O–H groups in total. The van der Waals surface area contributed by atoms with Crippen molar-refractivity contribution in [3.63, 3.8) is 0 Å². The predicted molar refractivity (Wildman–Crippen MR) is 124 cm³/mol. The Labute approximate surface area is 201 Å². The van der Waals surface area contributed by atoms with Crippen molar-refractivity contribution in [1.29, 1.82) is 5.26 Å². The van der Waals surface area contributed by atoms with Gasteiger partial charge in [0.05, 0.1) is 35.7 Å². The van der Waals surface area contributed by atoms with Gasteiger partial charge >= 0.3 is 0 Å². The lowest BCUT2D eigenvalue weighted by atomic mass is 10.2. The number of benzene rings is 3. The van der Waals surface area contributed by atoms with Gasteiger partial charge < -0.3 is 4.74 Å². The molecule has 8 nitrogen and oxygen atoms in total. The van der Waals surface area contributed by atoms with Gasteiger partial charge in [-0.2, -0.15) is 9.57 Å². The summed E-state index contributed by atoms with van der Waals surface area (Å²) in [7, 11) is -2.80. The molecule has 0 bridgehead atoms. The van der Waals surface area contributed by atoms with E-state index in [4.69, 9.17) is 10.00 Å². The van der Waals surface area contributed by atoms with Crippen LogP contribution in [0.15, 0.2) is 77.7 Å². The molecule has 1 aliphatic rings. The van der Waals surface area contributed by atoms with Gasteiger partial charge in [-0.15, -0.1) is 0 Å². The number of sulfonamides is 1. The van der Waals surface area contributed by atoms with Crippen LogP contribution in [0.2, 0.25) is 0 Å². The molecule has 1 atom stereocenters. The number of carbonyl (C=O) groups is 2. The van der Waals surface area contributed by atoms with Crippen LogP contribution in [0.1, 0.15) is 17.5 Å². The molecule has 0 spiro atoms. The normalized spacial score (nSPS) is 15.9. The van der Waals surface area contributed by atoms with Gasteiger partial charge in [-0.3, -0.25) is 9.59 Å². The summed E-state index contributed by atoms with van der Waals surface area (Å²) in [6, 6.07) is 17.4. The Morgan fingerprint density at radius 2 is 1.66 bits per heavy atom. The fraction of sp³-hybridized carbons (Fsp3) is 0.160. The first-order valence-corrected chi connectivity index (χ1v) is 12.0. The third-order valence-electron chi connectivity index (χ3n) is 5.64. The van der Waals surface area contributed by atoms with Crippen LogP contribution in [-0.4, -0.2) is 37.7 Å². The van der Waals surface area contributed by atoms with Crippen LogP contribution in [0.5, 0.6) is 5.75 Å². The second-order valence-corrected chi connectivity index (χ2v) is 9.69. The lowest BCUT2D eigenvalue weighted by Crippen LogP contribution is -2.45. The summed E-state index contributed by atoms with van der Waals surface area (Å²) in [5.41, 5.74) is 1.04. The maximum absolute atomic E-state index is 13.7. The molecular weight excluding hydrogens is 473 g/mol. The van der Waals surface area contributed by atoms with Crippen LogP contribution >= 0.6 is 0 Å². The number of nitriles is 1. The largest absolute Gasteiger partial charge is 0.497 e. The number of ether oxygens (including phenoxy) is 1. The molecule has 0 radical (unpaired) electrons. The van der Waals surface area contributed by atoms with Gasteiger partial charge in [0.25, 0.3) is 5.91 Å². The van der Waals surface area contributed by atoms with Gasteiger partial charge in [0.2, 0.25) is 15.9 Å². The molecule has 3 aromatic carbocycles. The minimum Gasteiger partial charge on any atom is -0.497 e. The number of anilines is 1. The van der Waals surface area contributed by atoms with E-state index in [1.165, 1.54) is 79.9 Å². The van der Waals surface area contributed by atoms with E-state index in [0.29, 0.717) is 16.9 Å². The lowest BCUT2D eigenvalue weighted by Gasteiger charge is -2.27. The number of hydrogen-bond donors (Lipinski definition) is 0. The Balaban J connectivity index is 1.73. The molecule has 0 aromatic heterocycles. The summed E-state index contributed by atoms with van der Waals surface area (Å²) in [6.45, 7) is -0.250. The molecule has 1 heterocycles. The number of rotatable bonds is 7. The van der Waals surface area contributed by atoms with Crippen molar-refractivity contribution in [2.75, 3.05) is 12.0 Å². The zero-order valence-corrected chi connectivity index (χ0v) is 19.4. The average Bonchev–Trinajstić information content (AvgIpc) is 3.16. The number of imide groups is 1. The fourth-order valence-electron chi connectivity index (χ4n) is 3.81. The summed E-state index contributed by atoms with van der Waals surface area (Å²) >= 11 is 0. The third kappa shape index (κ3) is 4.77. The van der Waals surface area contributed by atoms with Crippen LogP contribution in [0, 0.1) is 17.1 Å². The maximum atomic E-state index is 13.7. The van der Waals surface area contributed by atoms with Crippen molar-refractivity contribution in [3.05, 3.63) is 89.7 Å². The minimum absolute atomic E-state index is 0.0857. The second kappa shape index (κ2) is 9.66. The molecule has 0 aliphatic carbocycles.